The van der Waals surface area contributed by atoms with Crippen LogP contribution in [-0.2, 0) is 18.3 Å². The Morgan fingerprint density at radius 2 is 2.06 bits per heavy atom. The highest BCUT2D eigenvalue weighted by Crippen LogP contribution is 2.47. The highest BCUT2D eigenvalue weighted by Gasteiger charge is 2.47. The molecule has 2 N–H and O–H groups in total. The van der Waals surface area contributed by atoms with Crippen LogP contribution in [0.5, 0.6) is 0 Å². The molecule has 32 heavy (non-hydrogen) atoms. The third-order valence-corrected chi connectivity index (χ3v) is 7.75. The summed E-state index contributed by atoms with van der Waals surface area (Å²) in [6.45, 7) is 5.06. The van der Waals surface area contributed by atoms with E-state index in [4.69, 9.17) is 15.5 Å². The van der Waals surface area contributed by atoms with E-state index in [0.717, 1.165) is 57.4 Å². The van der Waals surface area contributed by atoms with E-state index in [1.165, 1.54) is 0 Å². The van der Waals surface area contributed by atoms with Crippen LogP contribution in [0.1, 0.15) is 55.8 Å². The van der Waals surface area contributed by atoms with Crippen LogP contribution in [0.25, 0.3) is 11.0 Å². The van der Waals surface area contributed by atoms with Gasteiger partial charge in [-0.05, 0) is 45.1 Å². The SMILES string of the molecule is Cc1nn(C2CCCCO2)c2nc(N3CCC4(CC3)Cn3nccc3C4N)n(C)c(=O)c12. The first-order valence-corrected chi connectivity index (χ1v) is 11.6. The summed E-state index contributed by atoms with van der Waals surface area (Å²) in [4.78, 5) is 20.5. The Morgan fingerprint density at radius 3 is 2.78 bits per heavy atom. The number of nitrogens with zero attached hydrogens (tertiary/aromatic N) is 7. The molecule has 0 saturated carbocycles. The molecule has 0 bridgehead atoms. The van der Waals surface area contributed by atoms with Gasteiger partial charge in [0.2, 0.25) is 5.95 Å². The molecule has 2 atom stereocenters. The number of fused-ring (bicyclic) bond motifs is 2. The Hall–Kier alpha value is -2.72. The minimum atomic E-state index is -0.157. The molecule has 1 spiro atoms. The molecular formula is C22H30N8O2. The summed E-state index contributed by atoms with van der Waals surface area (Å²) < 4.78 is 11.5. The van der Waals surface area contributed by atoms with E-state index in [1.807, 2.05) is 28.6 Å². The summed E-state index contributed by atoms with van der Waals surface area (Å²) in [5.74, 6) is 0.693. The highest BCUT2D eigenvalue weighted by atomic mass is 16.5. The molecule has 0 aromatic carbocycles. The average Bonchev–Trinajstić information content (AvgIpc) is 3.46. The second kappa shape index (κ2) is 7.14. The lowest BCUT2D eigenvalue weighted by atomic mass is 9.74. The first kappa shape index (κ1) is 19.9. The van der Waals surface area contributed by atoms with E-state index in [2.05, 4.69) is 15.1 Å². The average molecular weight is 439 g/mol. The van der Waals surface area contributed by atoms with Crippen molar-refractivity contribution >= 4 is 17.0 Å². The van der Waals surface area contributed by atoms with Gasteiger partial charge in [-0.25, -0.2) is 4.68 Å². The van der Waals surface area contributed by atoms with Gasteiger partial charge in [0.25, 0.3) is 5.56 Å². The lowest BCUT2D eigenvalue weighted by Crippen LogP contribution is -2.46. The number of aromatic nitrogens is 6. The van der Waals surface area contributed by atoms with Crippen molar-refractivity contribution in [2.45, 2.75) is 57.8 Å². The zero-order valence-corrected chi connectivity index (χ0v) is 18.7. The molecule has 2 saturated heterocycles. The molecule has 10 heteroatoms. The van der Waals surface area contributed by atoms with Crippen LogP contribution in [0.4, 0.5) is 5.95 Å². The number of ether oxygens (including phenoxy) is 1. The van der Waals surface area contributed by atoms with Crippen LogP contribution in [0.3, 0.4) is 0 Å². The molecular weight excluding hydrogens is 408 g/mol. The zero-order valence-electron chi connectivity index (χ0n) is 18.7. The summed E-state index contributed by atoms with van der Waals surface area (Å²) in [6, 6.07) is 2.03. The number of aryl methyl sites for hydroxylation is 1. The molecule has 6 rings (SSSR count). The van der Waals surface area contributed by atoms with Crippen molar-refractivity contribution < 1.29 is 4.74 Å². The van der Waals surface area contributed by atoms with Crippen LogP contribution >= 0.6 is 0 Å². The molecule has 0 aliphatic carbocycles. The van der Waals surface area contributed by atoms with Gasteiger partial charge in [0.1, 0.15) is 5.39 Å². The fraction of sp³-hybridized carbons (Fsp3) is 0.636. The molecule has 3 aliphatic rings. The molecule has 6 heterocycles. The van der Waals surface area contributed by atoms with E-state index < -0.39 is 0 Å². The number of hydrogen-bond acceptors (Lipinski definition) is 7. The van der Waals surface area contributed by atoms with Crippen molar-refractivity contribution in [3.63, 3.8) is 0 Å². The lowest BCUT2D eigenvalue weighted by Gasteiger charge is -2.42. The van der Waals surface area contributed by atoms with E-state index in [0.29, 0.717) is 29.3 Å². The minimum absolute atomic E-state index is 0.000981. The third-order valence-electron chi connectivity index (χ3n) is 7.75. The summed E-state index contributed by atoms with van der Waals surface area (Å²) in [7, 11) is 1.80. The number of nitrogens with two attached hydrogens (primary N) is 1. The van der Waals surface area contributed by atoms with Gasteiger partial charge in [-0.2, -0.15) is 15.2 Å². The van der Waals surface area contributed by atoms with Gasteiger partial charge in [0, 0.05) is 44.9 Å². The van der Waals surface area contributed by atoms with Crippen LogP contribution in [-0.4, -0.2) is 48.8 Å². The molecule has 3 aromatic rings. The molecule has 2 fully saturated rings. The predicted molar refractivity (Wildman–Crippen MR) is 119 cm³/mol. The van der Waals surface area contributed by atoms with Crippen LogP contribution in [0.15, 0.2) is 17.1 Å². The molecule has 3 aliphatic heterocycles. The van der Waals surface area contributed by atoms with E-state index >= 15 is 0 Å². The normalized spacial score (nSPS) is 25.0. The molecule has 10 nitrogen and oxygen atoms in total. The Balaban J connectivity index is 1.33. The Labute approximate surface area is 186 Å². The smallest absolute Gasteiger partial charge is 0.266 e. The van der Waals surface area contributed by atoms with Gasteiger partial charge in [-0.3, -0.25) is 14.0 Å². The number of piperidine rings is 1. The topological polar surface area (TPSA) is 109 Å². The van der Waals surface area contributed by atoms with Crippen LogP contribution in [0.2, 0.25) is 0 Å². The number of rotatable bonds is 2. The predicted octanol–water partition coefficient (Wildman–Crippen LogP) is 1.63. The summed E-state index contributed by atoms with van der Waals surface area (Å²) >= 11 is 0. The monoisotopic (exact) mass is 438 g/mol. The van der Waals surface area contributed by atoms with Gasteiger partial charge >= 0.3 is 0 Å². The lowest BCUT2D eigenvalue weighted by molar-refractivity contribution is -0.0371. The Bertz CT molecular complexity index is 1230. The largest absolute Gasteiger partial charge is 0.356 e. The second-order valence-electron chi connectivity index (χ2n) is 9.57. The molecule has 3 aromatic heterocycles. The van der Waals surface area contributed by atoms with Crippen LogP contribution < -0.4 is 16.2 Å². The fourth-order valence-electron chi connectivity index (χ4n) is 5.79. The second-order valence-corrected chi connectivity index (χ2v) is 9.57. The van der Waals surface area contributed by atoms with Crippen LogP contribution in [0, 0.1) is 12.3 Å². The van der Waals surface area contributed by atoms with Gasteiger partial charge < -0.3 is 15.4 Å². The van der Waals surface area contributed by atoms with Gasteiger partial charge in [0.05, 0.1) is 17.4 Å². The van der Waals surface area contributed by atoms with Crippen molar-refractivity contribution in [3.05, 3.63) is 34.0 Å². The van der Waals surface area contributed by atoms with Gasteiger partial charge in [-0.15, -0.1) is 0 Å². The maximum absolute atomic E-state index is 13.3. The zero-order chi connectivity index (χ0) is 22.0. The quantitative estimate of drug-likeness (QED) is 0.648. The maximum Gasteiger partial charge on any atom is 0.266 e. The summed E-state index contributed by atoms with van der Waals surface area (Å²) in [5, 5.41) is 9.68. The minimum Gasteiger partial charge on any atom is -0.356 e. The number of anilines is 1. The Kier molecular flexibility index (Phi) is 4.45. The molecule has 170 valence electrons. The maximum atomic E-state index is 13.3. The van der Waals surface area contributed by atoms with Gasteiger partial charge in [-0.1, -0.05) is 0 Å². The summed E-state index contributed by atoms with van der Waals surface area (Å²) in [6.07, 6.45) is 6.59. The molecule has 0 radical (unpaired) electrons. The first-order chi connectivity index (χ1) is 15.5. The number of hydrogen-bond donors (Lipinski definition) is 1. The first-order valence-electron chi connectivity index (χ1n) is 11.6. The third kappa shape index (κ3) is 2.78. The molecule has 2 unspecified atom stereocenters. The van der Waals surface area contributed by atoms with Crippen molar-refractivity contribution in [1.82, 2.24) is 29.1 Å². The molecule has 0 amide bonds. The van der Waals surface area contributed by atoms with E-state index in [9.17, 15) is 4.79 Å². The van der Waals surface area contributed by atoms with Crippen molar-refractivity contribution in [2.24, 2.45) is 18.2 Å². The van der Waals surface area contributed by atoms with Gasteiger partial charge in [0.15, 0.2) is 11.9 Å². The summed E-state index contributed by atoms with van der Waals surface area (Å²) in [5.41, 5.74) is 9.07. The van der Waals surface area contributed by atoms with Crippen molar-refractivity contribution in [2.75, 3.05) is 24.6 Å². The van der Waals surface area contributed by atoms with E-state index in [1.54, 1.807) is 11.6 Å². The standard InChI is InChI=1S/C22H30N8O2/c1-14-17-19(30(26-14)16-5-3-4-12-32-16)25-21(27(2)20(17)31)28-10-7-22(8-11-28)13-29-15(18(22)23)6-9-24-29/h6,9,16,18H,3-5,7-8,10-13,23H2,1-2H3. The van der Waals surface area contributed by atoms with E-state index in [-0.39, 0.29) is 23.2 Å². The Morgan fingerprint density at radius 1 is 1.25 bits per heavy atom. The van der Waals surface area contributed by atoms with Crippen molar-refractivity contribution in [1.29, 1.82) is 0 Å². The highest BCUT2D eigenvalue weighted by molar-refractivity contribution is 5.78. The fourth-order valence-corrected chi connectivity index (χ4v) is 5.79. The van der Waals surface area contributed by atoms with Crippen molar-refractivity contribution in [3.8, 4) is 0 Å².